The number of para-hydroxylation sites is 2. The van der Waals surface area contributed by atoms with E-state index in [1.54, 1.807) is 0 Å². The minimum Gasteiger partial charge on any atom is -0.781 e. The topological polar surface area (TPSA) is 28.2 Å². The standard InChI is InChI=1S/C26H14F8N2S2.Ni/c27-11-9-12(28)22(32)19(21(11)31)25(35-15-5-1-3-7-17(15)37)26(36-16-6-2-4-8-18(16)38)20-23(33)13(29)10-14(30)24(20)34;/h1-10,25-26,37-38H;/q-2;/p-2. The molecule has 0 spiro atoms. The zero-order valence-electron chi connectivity index (χ0n) is 19.0. The van der Waals surface area contributed by atoms with Crippen molar-refractivity contribution in [2.45, 2.75) is 21.9 Å². The van der Waals surface area contributed by atoms with E-state index >= 15 is 17.6 Å². The Kier molecular flexibility index (Phi) is 9.63. The molecule has 0 heterocycles. The quantitative estimate of drug-likeness (QED) is 0.0888. The Morgan fingerprint density at radius 1 is 0.487 bits per heavy atom. The molecule has 13 heteroatoms. The molecule has 0 aliphatic carbocycles. The maximum Gasteiger partial charge on any atom is 0.163 e. The average Bonchev–Trinajstić information content (AvgIpc) is 2.87. The summed E-state index contributed by atoms with van der Waals surface area (Å²) in [5, 5.41) is 8.11. The van der Waals surface area contributed by atoms with Gasteiger partial charge in [0.05, 0.1) is 0 Å². The molecule has 208 valence electrons. The smallest absolute Gasteiger partial charge is 0.163 e. The second-order valence-electron chi connectivity index (χ2n) is 7.85. The maximum absolute atomic E-state index is 15.1. The molecule has 0 amide bonds. The van der Waals surface area contributed by atoms with E-state index in [-0.39, 0.29) is 49.8 Å². The van der Waals surface area contributed by atoms with Crippen LogP contribution in [0.3, 0.4) is 0 Å². The fourth-order valence-electron chi connectivity index (χ4n) is 3.72. The summed E-state index contributed by atoms with van der Waals surface area (Å²) in [4.78, 5) is -0.0482. The molecule has 0 aliphatic rings. The fraction of sp³-hybridized carbons (Fsp3) is 0.0769. The molecular weight excluding hydrogens is 615 g/mol. The summed E-state index contributed by atoms with van der Waals surface area (Å²) >= 11 is 10.3. The molecule has 4 aromatic carbocycles. The average molecular weight is 627 g/mol. The summed E-state index contributed by atoms with van der Waals surface area (Å²) in [7, 11) is 0. The van der Waals surface area contributed by atoms with Crippen LogP contribution in [0.4, 0.5) is 46.5 Å². The fourth-order valence-corrected chi connectivity index (χ4v) is 4.11. The minimum absolute atomic E-state index is 0. The van der Waals surface area contributed by atoms with Crippen LogP contribution in [0.15, 0.2) is 70.5 Å². The van der Waals surface area contributed by atoms with Crippen molar-refractivity contribution in [1.29, 1.82) is 0 Å². The van der Waals surface area contributed by atoms with E-state index in [1.165, 1.54) is 48.5 Å². The predicted molar refractivity (Wildman–Crippen MR) is 128 cm³/mol. The molecule has 0 saturated carbocycles. The number of nitrogens with zero attached hydrogens (tertiary/aromatic N) is 2. The van der Waals surface area contributed by atoms with E-state index in [2.05, 4.69) is 10.6 Å². The van der Waals surface area contributed by atoms with Gasteiger partial charge < -0.3 is 35.9 Å². The van der Waals surface area contributed by atoms with Crippen LogP contribution >= 0.6 is 0 Å². The van der Waals surface area contributed by atoms with Crippen molar-refractivity contribution >= 4 is 36.6 Å². The van der Waals surface area contributed by atoms with Gasteiger partial charge in [-0.3, -0.25) is 0 Å². The molecule has 0 radical (unpaired) electrons. The van der Waals surface area contributed by atoms with Crippen molar-refractivity contribution in [2.24, 2.45) is 0 Å². The van der Waals surface area contributed by atoms with Crippen LogP contribution in [-0.4, -0.2) is 0 Å². The summed E-state index contributed by atoms with van der Waals surface area (Å²) < 4.78 is 117. The van der Waals surface area contributed by atoms with Gasteiger partial charge in [0.2, 0.25) is 0 Å². The molecule has 2 nitrogen and oxygen atoms in total. The molecule has 0 bridgehead atoms. The summed E-state index contributed by atoms with van der Waals surface area (Å²) in [5.74, 6) is -15.3. The van der Waals surface area contributed by atoms with Crippen LogP contribution in [0, 0.1) is 46.5 Å². The third kappa shape index (κ3) is 6.05. The van der Waals surface area contributed by atoms with Gasteiger partial charge >= 0.3 is 0 Å². The Balaban J connectivity index is 0.00000420. The van der Waals surface area contributed by atoms with Gasteiger partial charge in [-0.05, 0) is 0 Å². The molecule has 0 aliphatic heterocycles. The van der Waals surface area contributed by atoms with E-state index in [9.17, 15) is 17.6 Å². The molecule has 2 atom stereocenters. The van der Waals surface area contributed by atoms with Gasteiger partial charge in [0.25, 0.3) is 0 Å². The summed E-state index contributed by atoms with van der Waals surface area (Å²) in [6, 6.07) is 6.13. The van der Waals surface area contributed by atoms with Gasteiger partial charge in [-0.25, -0.2) is 35.1 Å². The number of rotatable bonds is 7. The minimum atomic E-state index is -2.33. The number of hydrogen-bond acceptors (Lipinski definition) is 2. The Bertz CT molecular complexity index is 1360. The first kappa shape index (κ1) is 30.4. The van der Waals surface area contributed by atoms with Gasteiger partial charge in [0, 0.05) is 39.8 Å². The van der Waals surface area contributed by atoms with Crippen LogP contribution in [0.2, 0.25) is 0 Å². The molecule has 0 aromatic heterocycles. The molecule has 0 N–H and O–H groups in total. The van der Waals surface area contributed by atoms with Crippen molar-refractivity contribution < 1.29 is 51.6 Å². The van der Waals surface area contributed by atoms with Gasteiger partial charge in [-0.2, -0.15) is 21.2 Å². The van der Waals surface area contributed by atoms with Crippen molar-refractivity contribution in [2.75, 3.05) is 0 Å². The van der Waals surface area contributed by atoms with Crippen LogP contribution in [0.5, 0.6) is 0 Å². The normalized spacial score (nSPS) is 12.4. The number of benzene rings is 4. The molecule has 4 rings (SSSR count). The SMILES string of the molecule is Fc1cc(F)c(F)c(C([N-]c2ccccc2[S-])C([N-]c2ccccc2[S-])c2c(F)c(F)cc(F)c2F)c1F.[Ni]. The number of halogens is 8. The molecule has 4 aromatic rings. The van der Waals surface area contributed by atoms with Crippen LogP contribution in [0.25, 0.3) is 10.6 Å². The first-order valence-corrected chi connectivity index (χ1v) is 11.4. The van der Waals surface area contributed by atoms with E-state index in [4.69, 9.17) is 25.3 Å². The third-order valence-electron chi connectivity index (χ3n) is 5.47. The van der Waals surface area contributed by atoms with Gasteiger partial charge in [0.1, 0.15) is 0 Å². The second kappa shape index (κ2) is 12.4. The number of hydrogen-bond donors (Lipinski definition) is 0. The molecule has 0 fully saturated rings. The Labute approximate surface area is 238 Å². The Morgan fingerprint density at radius 3 is 1.05 bits per heavy atom. The first-order valence-electron chi connectivity index (χ1n) is 10.6. The van der Waals surface area contributed by atoms with Crippen LogP contribution < -0.4 is 0 Å². The second-order valence-corrected chi connectivity index (χ2v) is 8.73. The zero-order valence-corrected chi connectivity index (χ0v) is 21.6. The molecular formula is C26H12F8N2NiS2-4. The summed E-state index contributed by atoms with van der Waals surface area (Å²) in [6.07, 6.45) is 0. The third-order valence-corrected chi connectivity index (χ3v) is 6.16. The van der Waals surface area contributed by atoms with Gasteiger partial charge in [0.15, 0.2) is 46.5 Å². The van der Waals surface area contributed by atoms with Crippen molar-refractivity contribution in [1.82, 2.24) is 0 Å². The maximum atomic E-state index is 15.1. The van der Waals surface area contributed by atoms with E-state index in [1.807, 2.05) is 0 Å². The van der Waals surface area contributed by atoms with Crippen molar-refractivity contribution in [3.63, 3.8) is 0 Å². The summed E-state index contributed by atoms with van der Waals surface area (Å²) in [6.45, 7) is 0. The van der Waals surface area contributed by atoms with E-state index in [0.29, 0.717) is 0 Å². The van der Waals surface area contributed by atoms with Gasteiger partial charge in [-0.15, -0.1) is 0 Å². The first-order chi connectivity index (χ1) is 18.0. The predicted octanol–water partition coefficient (Wildman–Crippen LogP) is 8.80. The molecule has 2 unspecified atom stereocenters. The Morgan fingerprint density at radius 2 is 0.769 bits per heavy atom. The Hall–Kier alpha value is -3.15. The van der Waals surface area contributed by atoms with Crippen LogP contribution in [-0.2, 0) is 41.7 Å². The zero-order chi connectivity index (χ0) is 27.7. The van der Waals surface area contributed by atoms with E-state index in [0.717, 1.165) is 0 Å². The largest absolute Gasteiger partial charge is 0.781 e. The summed E-state index contributed by atoms with van der Waals surface area (Å²) in [5.41, 5.74) is -3.28. The molecule has 39 heavy (non-hydrogen) atoms. The van der Waals surface area contributed by atoms with Crippen molar-refractivity contribution in [3.8, 4) is 0 Å². The van der Waals surface area contributed by atoms with Crippen LogP contribution in [0.1, 0.15) is 23.2 Å². The molecule has 0 saturated heterocycles. The van der Waals surface area contributed by atoms with Gasteiger partial charge in [-0.1, -0.05) is 60.6 Å². The van der Waals surface area contributed by atoms with Crippen molar-refractivity contribution in [3.05, 3.63) is 129 Å². The monoisotopic (exact) mass is 626 g/mol. The van der Waals surface area contributed by atoms with E-state index < -0.39 is 69.7 Å².